The summed E-state index contributed by atoms with van der Waals surface area (Å²) in [6.45, 7) is 0. The van der Waals surface area contributed by atoms with Gasteiger partial charge in [0.15, 0.2) is 17.3 Å². The highest BCUT2D eigenvalue weighted by atomic mass is 19.1. The fourth-order valence-corrected chi connectivity index (χ4v) is 1.09. The van der Waals surface area contributed by atoms with E-state index in [2.05, 4.69) is 15.0 Å². The first-order valence-corrected chi connectivity index (χ1v) is 4.50. The maximum absolute atomic E-state index is 12.5. The lowest BCUT2D eigenvalue weighted by molar-refractivity contribution is 0.0687. The summed E-state index contributed by atoms with van der Waals surface area (Å²) < 4.78 is 17.6. The molecule has 7 heteroatoms. The van der Waals surface area contributed by atoms with Gasteiger partial charge in [0.2, 0.25) is 0 Å². The molecule has 17 heavy (non-hydrogen) atoms. The van der Waals surface area contributed by atoms with Crippen LogP contribution in [-0.4, -0.2) is 26.0 Å². The van der Waals surface area contributed by atoms with Gasteiger partial charge in [-0.2, -0.15) is 0 Å². The van der Waals surface area contributed by atoms with Crippen LogP contribution in [0, 0.1) is 5.82 Å². The summed E-state index contributed by atoms with van der Waals surface area (Å²) in [5, 5.41) is 8.84. The second kappa shape index (κ2) is 4.52. The standard InChI is InChI=1S/C10H6FN3O3/c11-6-4-13-10(14-5-6)17-7-2-1-3-12-8(7)9(15)16/h1-5H,(H,15,16). The number of aromatic nitrogens is 3. The Morgan fingerprint density at radius 3 is 2.65 bits per heavy atom. The lowest BCUT2D eigenvalue weighted by Gasteiger charge is -2.04. The Bertz CT molecular complexity index is 545. The first kappa shape index (κ1) is 10.9. The summed E-state index contributed by atoms with van der Waals surface area (Å²) in [5.74, 6) is -1.85. The molecule has 0 unspecified atom stereocenters. The van der Waals surface area contributed by atoms with Crippen LogP contribution in [0.3, 0.4) is 0 Å². The van der Waals surface area contributed by atoms with Crippen molar-refractivity contribution in [2.24, 2.45) is 0 Å². The van der Waals surface area contributed by atoms with Gasteiger partial charge in [-0.3, -0.25) is 0 Å². The fourth-order valence-electron chi connectivity index (χ4n) is 1.09. The predicted molar refractivity (Wildman–Crippen MR) is 53.3 cm³/mol. The van der Waals surface area contributed by atoms with E-state index in [9.17, 15) is 9.18 Å². The average Bonchev–Trinajstić information content (AvgIpc) is 2.32. The van der Waals surface area contributed by atoms with Crippen molar-refractivity contribution in [3.8, 4) is 11.8 Å². The highest BCUT2D eigenvalue weighted by Crippen LogP contribution is 2.20. The van der Waals surface area contributed by atoms with Crippen molar-refractivity contribution < 1.29 is 19.0 Å². The van der Waals surface area contributed by atoms with E-state index in [1.54, 1.807) is 0 Å². The number of hydrogen-bond donors (Lipinski definition) is 1. The third-order valence-corrected chi connectivity index (χ3v) is 1.77. The zero-order valence-corrected chi connectivity index (χ0v) is 8.37. The molecule has 0 saturated carbocycles. The number of ether oxygens (including phenoxy) is 1. The highest BCUT2D eigenvalue weighted by Gasteiger charge is 2.13. The van der Waals surface area contributed by atoms with Gasteiger partial charge >= 0.3 is 12.0 Å². The first-order chi connectivity index (χ1) is 8.16. The zero-order valence-electron chi connectivity index (χ0n) is 8.37. The number of carboxylic acid groups (broad SMARTS) is 1. The van der Waals surface area contributed by atoms with E-state index in [4.69, 9.17) is 9.84 Å². The van der Waals surface area contributed by atoms with E-state index in [0.29, 0.717) is 0 Å². The van der Waals surface area contributed by atoms with Crippen LogP contribution in [0.1, 0.15) is 10.5 Å². The summed E-state index contributed by atoms with van der Waals surface area (Å²) in [6, 6.07) is 2.76. The van der Waals surface area contributed by atoms with Crippen molar-refractivity contribution in [1.29, 1.82) is 0 Å². The van der Waals surface area contributed by atoms with Crippen molar-refractivity contribution in [1.82, 2.24) is 15.0 Å². The summed E-state index contributed by atoms with van der Waals surface area (Å²) in [4.78, 5) is 21.6. The molecule has 2 aromatic heterocycles. The maximum Gasteiger partial charge on any atom is 0.358 e. The van der Waals surface area contributed by atoms with Crippen LogP contribution in [0.15, 0.2) is 30.7 Å². The summed E-state index contributed by atoms with van der Waals surface area (Å²) in [5.41, 5.74) is -0.263. The Kier molecular flexibility index (Phi) is 2.91. The fraction of sp³-hybridized carbons (Fsp3) is 0. The van der Waals surface area contributed by atoms with Crippen molar-refractivity contribution in [2.45, 2.75) is 0 Å². The Morgan fingerprint density at radius 1 is 1.29 bits per heavy atom. The third kappa shape index (κ3) is 2.51. The third-order valence-electron chi connectivity index (χ3n) is 1.77. The molecule has 0 aromatic carbocycles. The topological polar surface area (TPSA) is 85.2 Å². The highest BCUT2D eigenvalue weighted by molar-refractivity contribution is 5.88. The normalized spacial score (nSPS) is 9.94. The Hall–Kier alpha value is -2.57. The Balaban J connectivity index is 2.30. The molecule has 0 aliphatic rings. The van der Waals surface area contributed by atoms with Gasteiger partial charge in [0, 0.05) is 6.20 Å². The second-order valence-electron chi connectivity index (χ2n) is 2.94. The van der Waals surface area contributed by atoms with Gasteiger partial charge < -0.3 is 9.84 Å². The molecule has 2 heterocycles. The van der Waals surface area contributed by atoms with Gasteiger partial charge in [0.25, 0.3) is 0 Å². The van der Waals surface area contributed by atoms with E-state index in [0.717, 1.165) is 12.4 Å². The molecule has 0 amide bonds. The molecule has 0 aliphatic heterocycles. The van der Waals surface area contributed by atoms with Gasteiger partial charge in [-0.05, 0) is 12.1 Å². The van der Waals surface area contributed by atoms with Crippen molar-refractivity contribution in [3.63, 3.8) is 0 Å². The molecule has 86 valence electrons. The number of pyridine rings is 1. The minimum absolute atomic E-state index is 0.00777. The number of rotatable bonds is 3. The monoisotopic (exact) mass is 235 g/mol. The van der Waals surface area contributed by atoms with E-state index < -0.39 is 11.8 Å². The number of nitrogens with zero attached hydrogens (tertiary/aromatic N) is 3. The molecule has 0 aliphatic carbocycles. The van der Waals surface area contributed by atoms with Crippen molar-refractivity contribution in [3.05, 3.63) is 42.2 Å². The molecule has 0 spiro atoms. The van der Waals surface area contributed by atoms with Gasteiger partial charge in [0.05, 0.1) is 12.4 Å². The van der Waals surface area contributed by atoms with Crippen LogP contribution in [0.25, 0.3) is 0 Å². The van der Waals surface area contributed by atoms with Crippen LogP contribution in [0.5, 0.6) is 11.8 Å². The van der Waals surface area contributed by atoms with Crippen LogP contribution in [0.4, 0.5) is 4.39 Å². The lowest BCUT2D eigenvalue weighted by Crippen LogP contribution is -2.03. The zero-order chi connectivity index (χ0) is 12.3. The number of carboxylic acids is 1. The first-order valence-electron chi connectivity index (χ1n) is 4.50. The molecule has 2 rings (SSSR count). The minimum Gasteiger partial charge on any atom is -0.476 e. The quantitative estimate of drug-likeness (QED) is 0.867. The summed E-state index contributed by atoms with van der Waals surface area (Å²) in [6.07, 6.45) is 3.15. The van der Waals surface area contributed by atoms with Crippen molar-refractivity contribution >= 4 is 5.97 Å². The van der Waals surface area contributed by atoms with Crippen LogP contribution >= 0.6 is 0 Å². The molecular weight excluding hydrogens is 229 g/mol. The molecule has 2 aromatic rings. The van der Waals surface area contributed by atoms with Gasteiger partial charge in [-0.15, -0.1) is 0 Å². The van der Waals surface area contributed by atoms with Gasteiger partial charge in [0.1, 0.15) is 0 Å². The van der Waals surface area contributed by atoms with Crippen molar-refractivity contribution in [2.75, 3.05) is 0 Å². The van der Waals surface area contributed by atoms with Crippen LogP contribution in [-0.2, 0) is 0 Å². The summed E-state index contributed by atoms with van der Waals surface area (Å²) in [7, 11) is 0. The molecule has 0 bridgehead atoms. The molecule has 0 fully saturated rings. The van der Waals surface area contributed by atoms with Gasteiger partial charge in [-0.1, -0.05) is 0 Å². The lowest BCUT2D eigenvalue weighted by atomic mass is 10.3. The van der Waals surface area contributed by atoms with Crippen LogP contribution in [0.2, 0.25) is 0 Å². The van der Waals surface area contributed by atoms with E-state index >= 15 is 0 Å². The SMILES string of the molecule is O=C(O)c1ncccc1Oc1ncc(F)cn1. The molecule has 0 saturated heterocycles. The van der Waals surface area contributed by atoms with E-state index in [1.807, 2.05) is 0 Å². The second-order valence-corrected chi connectivity index (χ2v) is 2.94. The number of carbonyl (C=O) groups is 1. The molecule has 0 atom stereocenters. The summed E-state index contributed by atoms with van der Waals surface area (Å²) >= 11 is 0. The molecule has 0 radical (unpaired) electrons. The van der Waals surface area contributed by atoms with Crippen LogP contribution < -0.4 is 4.74 Å². The number of aromatic carboxylic acids is 1. The number of halogens is 1. The Morgan fingerprint density at radius 2 is 2.00 bits per heavy atom. The molecule has 6 nitrogen and oxygen atoms in total. The maximum atomic E-state index is 12.5. The average molecular weight is 235 g/mol. The minimum atomic E-state index is -1.23. The smallest absolute Gasteiger partial charge is 0.358 e. The Labute approximate surface area is 94.7 Å². The van der Waals surface area contributed by atoms with E-state index in [-0.39, 0.29) is 17.5 Å². The van der Waals surface area contributed by atoms with Gasteiger partial charge in [-0.25, -0.2) is 24.1 Å². The predicted octanol–water partition coefficient (Wildman–Crippen LogP) is 1.50. The molecule has 1 N–H and O–H groups in total. The molecular formula is C10H6FN3O3. The largest absolute Gasteiger partial charge is 0.476 e. The van der Waals surface area contributed by atoms with E-state index in [1.165, 1.54) is 18.3 Å². The number of hydrogen-bond acceptors (Lipinski definition) is 5.